The molecule has 6 heteroatoms. The first-order valence-corrected chi connectivity index (χ1v) is 8.32. The quantitative estimate of drug-likeness (QED) is 0.904. The molecule has 3 heterocycles. The van der Waals surface area contributed by atoms with Crippen molar-refractivity contribution >= 4 is 22.8 Å². The van der Waals surface area contributed by atoms with E-state index >= 15 is 0 Å². The Labute approximate surface area is 137 Å². The van der Waals surface area contributed by atoms with Crippen LogP contribution in [0.5, 0.6) is 0 Å². The molecule has 1 fully saturated rings. The van der Waals surface area contributed by atoms with Crippen molar-refractivity contribution in [2.75, 3.05) is 30.8 Å². The van der Waals surface area contributed by atoms with Crippen LogP contribution in [0, 0.1) is 13.8 Å². The Kier molecular flexibility index (Phi) is 4.35. The van der Waals surface area contributed by atoms with Crippen molar-refractivity contribution < 1.29 is 0 Å². The van der Waals surface area contributed by atoms with E-state index in [1.54, 1.807) is 0 Å². The van der Waals surface area contributed by atoms with Gasteiger partial charge in [0.15, 0.2) is 5.65 Å². The second-order valence-electron chi connectivity index (χ2n) is 6.64. The number of nitrogens with one attached hydrogen (secondary N) is 2. The van der Waals surface area contributed by atoms with Gasteiger partial charge in [-0.25, -0.2) is 4.98 Å². The van der Waals surface area contributed by atoms with E-state index < -0.39 is 0 Å². The topological polar surface area (TPSA) is 66.0 Å². The number of anilines is 2. The molecule has 0 amide bonds. The SMILES string of the molecule is CNc1nc(NC2CCN(C(C)C)C2)nc2nc(C)cc(C)c12. The third-order valence-corrected chi connectivity index (χ3v) is 4.51. The molecule has 2 aromatic heterocycles. The van der Waals surface area contributed by atoms with E-state index in [1.165, 1.54) is 0 Å². The summed E-state index contributed by atoms with van der Waals surface area (Å²) in [5.41, 5.74) is 2.88. The number of pyridine rings is 1. The lowest BCUT2D eigenvalue weighted by molar-refractivity contribution is 0.274. The van der Waals surface area contributed by atoms with Gasteiger partial charge in [-0.3, -0.25) is 4.90 Å². The molecule has 0 saturated carbocycles. The van der Waals surface area contributed by atoms with E-state index in [2.05, 4.69) is 57.3 Å². The van der Waals surface area contributed by atoms with Crippen LogP contribution in [-0.2, 0) is 0 Å². The fourth-order valence-corrected chi connectivity index (χ4v) is 3.28. The van der Waals surface area contributed by atoms with Crippen molar-refractivity contribution in [3.63, 3.8) is 0 Å². The third-order valence-electron chi connectivity index (χ3n) is 4.51. The highest BCUT2D eigenvalue weighted by Gasteiger charge is 2.25. The highest BCUT2D eigenvalue weighted by atomic mass is 15.2. The molecule has 0 spiro atoms. The fraction of sp³-hybridized carbons (Fsp3) is 0.588. The molecule has 3 rings (SSSR count). The monoisotopic (exact) mass is 314 g/mol. The summed E-state index contributed by atoms with van der Waals surface area (Å²) in [6, 6.07) is 3.04. The molecule has 6 nitrogen and oxygen atoms in total. The first-order valence-electron chi connectivity index (χ1n) is 8.32. The summed E-state index contributed by atoms with van der Waals surface area (Å²) in [5.74, 6) is 1.50. The van der Waals surface area contributed by atoms with Gasteiger partial charge in [0.05, 0.1) is 5.39 Å². The Bertz CT molecular complexity index is 712. The van der Waals surface area contributed by atoms with E-state index in [9.17, 15) is 0 Å². The van der Waals surface area contributed by atoms with Crippen LogP contribution in [0.25, 0.3) is 11.0 Å². The number of aryl methyl sites for hydroxylation is 2. The van der Waals surface area contributed by atoms with Gasteiger partial charge in [0, 0.05) is 37.9 Å². The number of rotatable bonds is 4. The van der Waals surface area contributed by atoms with Crippen molar-refractivity contribution in [3.05, 3.63) is 17.3 Å². The largest absolute Gasteiger partial charge is 0.372 e. The first kappa shape index (κ1) is 15.9. The molecule has 0 bridgehead atoms. The van der Waals surface area contributed by atoms with Crippen LogP contribution in [0.15, 0.2) is 6.07 Å². The zero-order valence-corrected chi connectivity index (χ0v) is 14.6. The Hall–Kier alpha value is -1.95. The molecule has 0 aliphatic carbocycles. The number of aromatic nitrogens is 3. The normalized spacial score (nSPS) is 18.8. The van der Waals surface area contributed by atoms with Gasteiger partial charge in [-0.05, 0) is 45.7 Å². The Morgan fingerprint density at radius 2 is 2.00 bits per heavy atom. The number of nitrogens with zero attached hydrogens (tertiary/aromatic N) is 4. The van der Waals surface area contributed by atoms with Crippen LogP contribution < -0.4 is 10.6 Å². The lowest BCUT2D eigenvalue weighted by Crippen LogP contribution is -2.31. The molecular formula is C17H26N6. The molecule has 1 unspecified atom stereocenters. The summed E-state index contributed by atoms with van der Waals surface area (Å²) in [7, 11) is 1.89. The number of likely N-dealkylation sites (tertiary alicyclic amines) is 1. The van der Waals surface area contributed by atoms with Gasteiger partial charge < -0.3 is 10.6 Å². The van der Waals surface area contributed by atoms with Crippen molar-refractivity contribution in [1.29, 1.82) is 0 Å². The maximum Gasteiger partial charge on any atom is 0.226 e. The van der Waals surface area contributed by atoms with Crippen molar-refractivity contribution in [2.45, 2.75) is 46.2 Å². The average molecular weight is 314 g/mol. The van der Waals surface area contributed by atoms with E-state index in [0.29, 0.717) is 18.0 Å². The predicted molar refractivity (Wildman–Crippen MR) is 95.1 cm³/mol. The zero-order valence-electron chi connectivity index (χ0n) is 14.6. The molecular weight excluding hydrogens is 288 g/mol. The minimum absolute atomic E-state index is 0.394. The Morgan fingerprint density at radius 1 is 1.22 bits per heavy atom. The maximum atomic E-state index is 4.65. The standard InChI is InChI=1S/C17H26N6/c1-10(2)23-7-6-13(9-23)20-17-21-15(18-5)14-11(3)8-12(4)19-16(14)22-17/h8,10,13H,6-7,9H2,1-5H3,(H2,18,19,20,21,22). The predicted octanol–water partition coefficient (Wildman–Crippen LogP) is 2.58. The van der Waals surface area contributed by atoms with Crippen molar-refractivity contribution in [2.24, 2.45) is 0 Å². The van der Waals surface area contributed by atoms with Crippen LogP contribution in [0.1, 0.15) is 31.5 Å². The van der Waals surface area contributed by atoms with Crippen LogP contribution in [0.3, 0.4) is 0 Å². The fourth-order valence-electron chi connectivity index (χ4n) is 3.28. The summed E-state index contributed by atoms with van der Waals surface area (Å²) < 4.78 is 0. The molecule has 23 heavy (non-hydrogen) atoms. The van der Waals surface area contributed by atoms with Gasteiger partial charge in [-0.15, -0.1) is 0 Å². The number of fused-ring (bicyclic) bond motifs is 1. The van der Waals surface area contributed by atoms with Crippen LogP contribution >= 0.6 is 0 Å². The highest BCUT2D eigenvalue weighted by Crippen LogP contribution is 2.25. The molecule has 1 aliphatic heterocycles. The smallest absolute Gasteiger partial charge is 0.226 e. The molecule has 0 aromatic carbocycles. The van der Waals surface area contributed by atoms with E-state index in [1.807, 2.05) is 14.0 Å². The Balaban J connectivity index is 1.90. The summed E-state index contributed by atoms with van der Waals surface area (Å²) in [4.78, 5) is 16.4. The molecule has 0 radical (unpaired) electrons. The van der Waals surface area contributed by atoms with Crippen LogP contribution in [-0.4, -0.2) is 52.1 Å². The molecule has 1 atom stereocenters. The summed E-state index contributed by atoms with van der Waals surface area (Å²) in [6.07, 6.45) is 1.12. The minimum atomic E-state index is 0.394. The van der Waals surface area contributed by atoms with Crippen molar-refractivity contribution in [1.82, 2.24) is 19.9 Å². The second-order valence-corrected chi connectivity index (χ2v) is 6.64. The van der Waals surface area contributed by atoms with Crippen molar-refractivity contribution in [3.8, 4) is 0 Å². The molecule has 124 valence electrons. The second kappa shape index (κ2) is 6.28. The number of hydrogen-bond acceptors (Lipinski definition) is 6. The lowest BCUT2D eigenvalue weighted by Gasteiger charge is -2.20. The van der Waals surface area contributed by atoms with Crippen LogP contribution in [0.4, 0.5) is 11.8 Å². The average Bonchev–Trinajstić information content (AvgIpc) is 2.94. The molecule has 1 aliphatic rings. The minimum Gasteiger partial charge on any atom is -0.372 e. The van der Waals surface area contributed by atoms with E-state index in [4.69, 9.17) is 0 Å². The van der Waals surface area contributed by atoms with Gasteiger partial charge in [0.2, 0.25) is 5.95 Å². The molecule has 1 saturated heterocycles. The first-order chi connectivity index (χ1) is 11.0. The third kappa shape index (κ3) is 3.22. The van der Waals surface area contributed by atoms with Crippen LogP contribution in [0.2, 0.25) is 0 Å². The highest BCUT2D eigenvalue weighted by molar-refractivity contribution is 5.90. The van der Waals surface area contributed by atoms with Gasteiger partial charge in [0.1, 0.15) is 5.82 Å². The summed E-state index contributed by atoms with van der Waals surface area (Å²) in [5, 5.41) is 7.67. The summed E-state index contributed by atoms with van der Waals surface area (Å²) in [6.45, 7) is 10.7. The summed E-state index contributed by atoms with van der Waals surface area (Å²) >= 11 is 0. The Morgan fingerprint density at radius 3 is 2.65 bits per heavy atom. The van der Waals surface area contributed by atoms with Gasteiger partial charge in [-0.2, -0.15) is 9.97 Å². The molecule has 2 N–H and O–H groups in total. The maximum absolute atomic E-state index is 4.65. The van der Waals surface area contributed by atoms with Gasteiger partial charge >= 0.3 is 0 Å². The zero-order chi connectivity index (χ0) is 16.6. The van der Waals surface area contributed by atoms with Gasteiger partial charge in [0.25, 0.3) is 0 Å². The number of hydrogen-bond donors (Lipinski definition) is 2. The van der Waals surface area contributed by atoms with E-state index in [-0.39, 0.29) is 0 Å². The molecule has 2 aromatic rings. The van der Waals surface area contributed by atoms with Gasteiger partial charge in [-0.1, -0.05) is 0 Å². The van der Waals surface area contributed by atoms with E-state index in [0.717, 1.165) is 47.6 Å². The lowest BCUT2D eigenvalue weighted by atomic mass is 10.1.